The summed E-state index contributed by atoms with van der Waals surface area (Å²) in [4.78, 5) is 11.4. The minimum Gasteiger partial charge on any atom is -0.488 e. The van der Waals surface area contributed by atoms with E-state index in [0.717, 1.165) is 61.8 Å². The first-order chi connectivity index (χ1) is 16.2. The smallest absolute Gasteiger partial charge is 0.227 e. The second kappa shape index (κ2) is 10.1. The molecular weight excluding hydrogens is 414 g/mol. The highest BCUT2D eigenvalue weighted by molar-refractivity contribution is 5.69. The summed E-state index contributed by atoms with van der Waals surface area (Å²) in [7, 11) is 0. The van der Waals surface area contributed by atoms with E-state index in [0.29, 0.717) is 11.6 Å². The number of ether oxygens (including phenoxy) is 2. The van der Waals surface area contributed by atoms with E-state index in [9.17, 15) is 0 Å². The zero-order valence-electron chi connectivity index (χ0n) is 18.9. The highest BCUT2D eigenvalue weighted by Crippen LogP contribution is 2.31. The van der Waals surface area contributed by atoms with Crippen molar-refractivity contribution in [3.63, 3.8) is 0 Å². The number of aromatic nitrogens is 2. The van der Waals surface area contributed by atoms with Crippen LogP contribution in [0.25, 0.3) is 11.3 Å². The Kier molecular flexibility index (Phi) is 6.58. The van der Waals surface area contributed by atoms with E-state index in [4.69, 9.17) is 20.2 Å². The molecule has 0 bridgehead atoms. The monoisotopic (exact) mass is 445 g/mol. The van der Waals surface area contributed by atoms with Gasteiger partial charge in [0.25, 0.3) is 0 Å². The number of benzene rings is 2. The summed E-state index contributed by atoms with van der Waals surface area (Å²) >= 11 is 0. The zero-order valence-corrected chi connectivity index (χ0v) is 18.9. The van der Waals surface area contributed by atoms with Crippen molar-refractivity contribution < 1.29 is 9.47 Å². The molecule has 0 amide bonds. The molecule has 2 aromatic carbocycles. The molecule has 1 aliphatic carbocycles. The van der Waals surface area contributed by atoms with Gasteiger partial charge in [0.05, 0.1) is 30.7 Å². The Balaban J connectivity index is 1.26. The fraction of sp³-hybridized carbons (Fsp3) is 0.385. The second-order valence-corrected chi connectivity index (χ2v) is 8.67. The van der Waals surface area contributed by atoms with Crippen molar-refractivity contribution >= 4 is 23.0 Å². The molecule has 33 heavy (non-hydrogen) atoms. The molecule has 2 heterocycles. The number of nitrogen functional groups attached to an aromatic ring is 1. The zero-order chi connectivity index (χ0) is 22.5. The highest BCUT2D eigenvalue weighted by atomic mass is 16.5. The van der Waals surface area contributed by atoms with Crippen LogP contribution in [0.15, 0.2) is 54.7 Å². The maximum Gasteiger partial charge on any atom is 0.227 e. The van der Waals surface area contributed by atoms with Crippen LogP contribution in [0.4, 0.5) is 23.0 Å². The van der Waals surface area contributed by atoms with Gasteiger partial charge in [-0.25, -0.2) is 9.97 Å². The van der Waals surface area contributed by atoms with Crippen molar-refractivity contribution in [3.8, 4) is 17.0 Å². The number of hydrogen-bond donors (Lipinski definition) is 2. The summed E-state index contributed by atoms with van der Waals surface area (Å²) in [6.07, 6.45) is 8.01. The summed E-state index contributed by atoms with van der Waals surface area (Å²) in [5, 5.41) is 3.30. The molecule has 1 aliphatic heterocycles. The van der Waals surface area contributed by atoms with Crippen LogP contribution in [0, 0.1) is 0 Å². The molecule has 2 fully saturated rings. The third-order valence-corrected chi connectivity index (χ3v) is 6.31. The lowest BCUT2D eigenvalue weighted by Gasteiger charge is -2.28. The lowest BCUT2D eigenvalue weighted by molar-refractivity contribution is 0.122. The molecule has 7 heteroatoms. The molecule has 0 spiro atoms. The Morgan fingerprint density at radius 2 is 1.76 bits per heavy atom. The van der Waals surface area contributed by atoms with Crippen molar-refractivity contribution in [1.29, 1.82) is 0 Å². The number of nitrogens with one attached hydrogen (secondary N) is 1. The average molecular weight is 446 g/mol. The molecule has 1 saturated carbocycles. The predicted molar refractivity (Wildman–Crippen MR) is 132 cm³/mol. The molecule has 3 aromatic rings. The summed E-state index contributed by atoms with van der Waals surface area (Å²) in [5.74, 6) is 1.31. The van der Waals surface area contributed by atoms with E-state index in [1.54, 1.807) is 6.20 Å². The molecule has 0 unspecified atom stereocenters. The van der Waals surface area contributed by atoms with Crippen LogP contribution in [0.5, 0.6) is 5.75 Å². The minimum absolute atomic E-state index is 0.274. The Bertz CT molecular complexity index is 1060. The average Bonchev–Trinajstić information content (AvgIpc) is 2.87. The molecule has 172 valence electrons. The first-order valence-corrected chi connectivity index (χ1v) is 11.8. The van der Waals surface area contributed by atoms with Gasteiger partial charge in [-0.1, -0.05) is 6.42 Å². The quantitative estimate of drug-likeness (QED) is 0.515. The Hall–Kier alpha value is -3.32. The van der Waals surface area contributed by atoms with Crippen molar-refractivity contribution in [2.24, 2.45) is 0 Å². The van der Waals surface area contributed by atoms with Gasteiger partial charge in [0.1, 0.15) is 5.75 Å². The van der Waals surface area contributed by atoms with Crippen LogP contribution < -0.4 is 20.7 Å². The van der Waals surface area contributed by atoms with Crippen LogP contribution in [0.2, 0.25) is 0 Å². The SMILES string of the molecule is Nc1cc(-c2ccnc(Nc3ccc(N4CCOCC4)cc3)n2)ccc1OC1CCCCC1. The largest absolute Gasteiger partial charge is 0.488 e. The van der Waals surface area contributed by atoms with Crippen molar-refractivity contribution in [2.75, 3.05) is 42.3 Å². The van der Waals surface area contributed by atoms with Crippen LogP contribution in [-0.4, -0.2) is 42.4 Å². The van der Waals surface area contributed by atoms with E-state index >= 15 is 0 Å². The Labute approximate surface area is 194 Å². The number of anilines is 4. The maximum absolute atomic E-state index is 6.32. The maximum atomic E-state index is 6.32. The van der Waals surface area contributed by atoms with Gasteiger partial charge in [-0.15, -0.1) is 0 Å². The summed E-state index contributed by atoms with van der Waals surface area (Å²) in [6.45, 7) is 3.40. The molecule has 0 atom stereocenters. The highest BCUT2D eigenvalue weighted by Gasteiger charge is 2.16. The molecular formula is C26H31N5O2. The summed E-state index contributed by atoms with van der Waals surface area (Å²) < 4.78 is 11.6. The van der Waals surface area contributed by atoms with Gasteiger partial charge in [-0.3, -0.25) is 0 Å². The van der Waals surface area contributed by atoms with Gasteiger partial charge < -0.3 is 25.4 Å². The predicted octanol–water partition coefficient (Wildman–Crippen LogP) is 5.02. The van der Waals surface area contributed by atoms with Crippen LogP contribution in [0.3, 0.4) is 0 Å². The van der Waals surface area contributed by atoms with E-state index in [1.165, 1.54) is 24.9 Å². The fourth-order valence-corrected chi connectivity index (χ4v) is 4.46. The number of nitrogens with two attached hydrogens (primary N) is 1. The van der Waals surface area contributed by atoms with Crippen molar-refractivity contribution in [1.82, 2.24) is 9.97 Å². The molecule has 1 saturated heterocycles. The van der Waals surface area contributed by atoms with Gasteiger partial charge in [-0.2, -0.15) is 0 Å². The van der Waals surface area contributed by atoms with E-state index in [1.807, 2.05) is 24.3 Å². The lowest BCUT2D eigenvalue weighted by Crippen LogP contribution is -2.36. The topological polar surface area (TPSA) is 85.5 Å². The van der Waals surface area contributed by atoms with Gasteiger partial charge in [-0.05, 0) is 74.2 Å². The van der Waals surface area contributed by atoms with E-state index in [2.05, 4.69) is 39.5 Å². The Morgan fingerprint density at radius 3 is 2.52 bits per heavy atom. The van der Waals surface area contributed by atoms with Gasteiger partial charge in [0, 0.05) is 36.2 Å². The number of hydrogen-bond acceptors (Lipinski definition) is 7. The molecule has 1 aromatic heterocycles. The van der Waals surface area contributed by atoms with Gasteiger partial charge in [0.15, 0.2) is 0 Å². The summed E-state index contributed by atoms with van der Waals surface area (Å²) in [6, 6.07) is 16.1. The molecule has 5 rings (SSSR count). The van der Waals surface area contributed by atoms with Crippen molar-refractivity contribution in [2.45, 2.75) is 38.2 Å². The fourth-order valence-electron chi connectivity index (χ4n) is 4.46. The first kappa shape index (κ1) is 21.5. The molecule has 7 nitrogen and oxygen atoms in total. The third kappa shape index (κ3) is 5.37. The number of rotatable bonds is 6. The van der Waals surface area contributed by atoms with E-state index < -0.39 is 0 Å². The normalized spacial score (nSPS) is 17.0. The Morgan fingerprint density at radius 1 is 0.970 bits per heavy atom. The van der Waals surface area contributed by atoms with Crippen LogP contribution >= 0.6 is 0 Å². The second-order valence-electron chi connectivity index (χ2n) is 8.67. The molecule has 2 aliphatic rings. The number of nitrogens with zero attached hydrogens (tertiary/aromatic N) is 3. The van der Waals surface area contributed by atoms with Crippen LogP contribution in [0.1, 0.15) is 32.1 Å². The number of morpholine rings is 1. The van der Waals surface area contributed by atoms with Gasteiger partial charge >= 0.3 is 0 Å². The lowest BCUT2D eigenvalue weighted by atomic mass is 9.98. The third-order valence-electron chi connectivity index (χ3n) is 6.31. The minimum atomic E-state index is 0.274. The van der Waals surface area contributed by atoms with E-state index in [-0.39, 0.29) is 6.10 Å². The van der Waals surface area contributed by atoms with Gasteiger partial charge in [0.2, 0.25) is 5.95 Å². The summed E-state index contributed by atoms with van der Waals surface area (Å²) in [5.41, 5.74) is 10.9. The molecule has 3 N–H and O–H groups in total. The van der Waals surface area contributed by atoms with Crippen LogP contribution in [-0.2, 0) is 4.74 Å². The first-order valence-electron chi connectivity index (χ1n) is 11.8. The van der Waals surface area contributed by atoms with Crippen molar-refractivity contribution in [3.05, 3.63) is 54.7 Å². The standard InChI is InChI=1S/C26H31N5O2/c27-23-18-19(6-11-25(23)33-22-4-2-1-3-5-22)24-12-13-28-26(30-24)29-20-7-9-21(10-8-20)31-14-16-32-17-15-31/h6-13,18,22H,1-5,14-17,27H2,(H,28,29,30). The molecule has 0 radical (unpaired) electrons.